The number of nitrogens with one attached hydrogen (secondary N) is 2. The predicted octanol–water partition coefficient (Wildman–Crippen LogP) is 4.15. The molecule has 0 heterocycles. The first kappa shape index (κ1) is 14.9. The van der Waals surface area contributed by atoms with Crippen LogP contribution in [-0.4, -0.2) is 12.5 Å². The molecule has 0 atom stereocenters. The molecule has 3 nitrogen and oxygen atoms in total. The molecular formula is C18H20N2O. The summed E-state index contributed by atoms with van der Waals surface area (Å²) in [6.45, 7) is 8.42. The van der Waals surface area contributed by atoms with Gasteiger partial charge < -0.3 is 10.6 Å². The molecule has 1 amide bonds. The van der Waals surface area contributed by atoms with Crippen molar-refractivity contribution in [3.63, 3.8) is 0 Å². The van der Waals surface area contributed by atoms with E-state index in [0.717, 1.165) is 16.9 Å². The van der Waals surface area contributed by atoms with E-state index in [1.165, 1.54) is 5.56 Å². The van der Waals surface area contributed by atoms with Crippen molar-refractivity contribution in [1.82, 2.24) is 0 Å². The SMILES string of the molecule is C=CCNc1ccc(NC(=O)c2ccc(C)c(C)c2)cc1. The van der Waals surface area contributed by atoms with Gasteiger partial charge in [0.05, 0.1) is 0 Å². The third kappa shape index (κ3) is 3.96. The van der Waals surface area contributed by atoms with Crippen LogP contribution in [0.2, 0.25) is 0 Å². The van der Waals surface area contributed by atoms with Crippen LogP contribution in [0.5, 0.6) is 0 Å². The van der Waals surface area contributed by atoms with E-state index in [-0.39, 0.29) is 5.91 Å². The second-order valence-corrected chi connectivity index (χ2v) is 5.00. The molecule has 0 aliphatic carbocycles. The highest BCUT2D eigenvalue weighted by Crippen LogP contribution is 2.16. The molecule has 21 heavy (non-hydrogen) atoms. The molecule has 0 fully saturated rings. The largest absolute Gasteiger partial charge is 0.382 e. The van der Waals surface area contributed by atoms with Crippen LogP contribution >= 0.6 is 0 Å². The topological polar surface area (TPSA) is 41.1 Å². The van der Waals surface area contributed by atoms with E-state index in [9.17, 15) is 4.79 Å². The van der Waals surface area contributed by atoms with Gasteiger partial charge in [0.25, 0.3) is 5.91 Å². The lowest BCUT2D eigenvalue weighted by Gasteiger charge is -2.08. The van der Waals surface area contributed by atoms with Gasteiger partial charge in [0.2, 0.25) is 0 Å². The van der Waals surface area contributed by atoms with Gasteiger partial charge in [0.1, 0.15) is 0 Å². The molecule has 0 aliphatic heterocycles. The molecule has 0 aliphatic rings. The third-order valence-corrected chi connectivity index (χ3v) is 3.36. The number of hydrogen-bond acceptors (Lipinski definition) is 2. The monoisotopic (exact) mass is 280 g/mol. The van der Waals surface area contributed by atoms with Crippen LogP contribution in [-0.2, 0) is 0 Å². The minimum atomic E-state index is -0.0927. The maximum atomic E-state index is 12.2. The van der Waals surface area contributed by atoms with Gasteiger partial charge in [-0.3, -0.25) is 4.79 Å². The molecule has 0 aromatic heterocycles. The number of carbonyl (C=O) groups excluding carboxylic acids is 1. The van der Waals surface area contributed by atoms with E-state index in [1.807, 2.05) is 56.3 Å². The van der Waals surface area contributed by atoms with E-state index in [2.05, 4.69) is 17.2 Å². The van der Waals surface area contributed by atoms with Crippen molar-refractivity contribution in [2.45, 2.75) is 13.8 Å². The Balaban J connectivity index is 2.05. The van der Waals surface area contributed by atoms with E-state index in [0.29, 0.717) is 12.1 Å². The highest BCUT2D eigenvalue weighted by atomic mass is 16.1. The molecule has 0 unspecified atom stereocenters. The van der Waals surface area contributed by atoms with Gasteiger partial charge in [0, 0.05) is 23.5 Å². The smallest absolute Gasteiger partial charge is 0.255 e. The second-order valence-electron chi connectivity index (χ2n) is 5.00. The van der Waals surface area contributed by atoms with E-state index in [1.54, 1.807) is 6.08 Å². The normalized spacial score (nSPS) is 10.0. The van der Waals surface area contributed by atoms with Gasteiger partial charge in [-0.05, 0) is 61.4 Å². The van der Waals surface area contributed by atoms with Crippen molar-refractivity contribution < 1.29 is 4.79 Å². The number of aryl methyl sites for hydroxylation is 2. The summed E-state index contributed by atoms with van der Waals surface area (Å²) >= 11 is 0. The Morgan fingerprint density at radius 3 is 2.33 bits per heavy atom. The van der Waals surface area contributed by atoms with Gasteiger partial charge in [-0.25, -0.2) is 0 Å². The summed E-state index contributed by atoms with van der Waals surface area (Å²) in [6, 6.07) is 13.3. The van der Waals surface area contributed by atoms with E-state index < -0.39 is 0 Å². The molecule has 2 aromatic rings. The number of amides is 1. The fourth-order valence-electron chi connectivity index (χ4n) is 1.95. The zero-order valence-electron chi connectivity index (χ0n) is 12.4. The second kappa shape index (κ2) is 6.75. The van der Waals surface area contributed by atoms with Crippen LogP contribution in [0, 0.1) is 13.8 Å². The lowest BCUT2D eigenvalue weighted by atomic mass is 10.1. The van der Waals surface area contributed by atoms with Crippen LogP contribution < -0.4 is 10.6 Å². The molecule has 0 bridgehead atoms. The minimum Gasteiger partial charge on any atom is -0.382 e. The molecular weight excluding hydrogens is 260 g/mol. The molecule has 2 aromatic carbocycles. The molecule has 2 N–H and O–H groups in total. The average Bonchev–Trinajstić information content (AvgIpc) is 2.49. The number of benzene rings is 2. The van der Waals surface area contributed by atoms with E-state index in [4.69, 9.17) is 0 Å². The Morgan fingerprint density at radius 2 is 1.71 bits per heavy atom. The molecule has 0 spiro atoms. The highest BCUT2D eigenvalue weighted by Gasteiger charge is 2.07. The number of anilines is 2. The Hall–Kier alpha value is -2.55. The van der Waals surface area contributed by atoms with Gasteiger partial charge in [-0.2, -0.15) is 0 Å². The van der Waals surface area contributed by atoms with Gasteiger partial charge in [-0.1, -0.05) is 12.1 Å². The maximum absolute atomic E-state index is 12.2. The standard InChI is InChI=1S/C18H20N2O/c1-4-11-19-16-7-9-17(10-8-16)20-18(21)15-6-5-13(2)14(3)12-15/h4-10,12,19H,1,11H2,2-3H3,(H,20,21). The summed E-state index contributed by atoms with van der Waals surface area (Å²) in [5, 5.41) is 6.09. The number of hydrogen-bond donors (Lipinski definition) is 2. The van der Waals surface area contributed by atoms with Crippen molar-refractivity contribution in [2.24, 2.45) is 0 Å². The minimum absolute atomic E-state index is 0.0927. The summed E-state index contributed by atoms with van der Waals surface area (Å²) in [5.74, 6) is -0.0927. The Bertz CT molecular complexity index is 645. The predicted molar refractivity (Wildman–Crippen MR) is 89.0 cm³/mol. The van der Waals surface area contributed by atoms with Gasteiger partial charge in [0.15, 0.2) is 0 Å². The summed E-state index contributed by atoms with van der Waals surface area (Å²) in [5.41, 5.74) is 4.75. The van der Waals surface area contributed by atoms with Crippen LogP contribution in [0.3, 0.4) is 0 Å². The van der Waals surface area contributed by atoms with Crippen LogP contribution in [0.4, 0.5) is 11.4 Å². The Morgan fingerprint density at radius 1 is 1.05 bits per heavy atom. The quantitative estimate of drug-likeness (QED) is 0.808. The van der Waals surface area contributed by atoms with Crippen molar-refractivity contribution >= 4 is 17.3 Å². The summed E-state index contributed by atoms with van der Waals surface area (Å²) in [6.07, 6.45) is 1.80. The summed E-state index contributed by atoms with van der Waals surface area (Å²) in [4.78, 5) is 12.2. The molecule has 0 radical (unpaired) electrons. The Kier molecular flexibility index (Phi) is 4.77. The molecule has 0 saturated carbocycles. The first-order valence-corrected chi connectivity index (χ1v) is 6.93. The van der Waals surface area contributed by atoms with E-state index >= 15 is 0 Å². The van der Waals surface area contributed by atoms with Gasteiger partial charge in [-0.15, -0.1) is 6.58 Å². The first-order valence-electron chi connectivity index (χ1n) is 6.93. The third-order valence-electron chi connectivity index (χ3n) is 3.36. The van der Waals surface area contributed by atoms with Crippen LogP contribution in [0.1, 0.15) is 21.5 Å². The maximum Gasteiger partial charge on any atom is 0.255 e. The zero-order chi connectivity index (χ0) is 15.2. The van der Waals surface area contributed by atoms with Crippen molar-refractivity contribution in [3.8, 4) is 0 Å². The fourth-order valence-corrected chi connectivity index (χ4v) is 1.95. The van der Waals surface area contributed by atoms with Crippen molar-refractivity contribution in [3.05, 3.63) is 71.8 Å². The molecule has 0 saturated heterocycles. The summed E-state index contributed by atoms with van der Waals surface area (Å²) < 4.78 is 0. The lowest BCUT2D eigenvalue weighted by molar-refractivity contribution is 0.102. The van der Waals surface area contributed by atoms with Crippen LogP contribution in [0.15, 0.2) is 55.1 Å². The molecule has 2 rings (SSSR count). The van der Waals surface area contributed by atoms with Gasteiger partial charge >= 0.3 is 0 Å². The van der Waals surface area contributed by atoms with Crippen molar-refractivity contribution in [1.29, 1.82) is 0 Å². The average molecular weight is 280 g/mol. The molecule has 3 heteroatoms. The first-order chi connectivity index (χ1) is 10.1. The fraction of sp³-hybridized carbons (Fsp3) is 0.167. The summed E-state index contributed by atoms with van der Waals surface area (Å²) in [7, 11) is 0. The van der Waals surface area contributed by atoms with Crippen molar-refractivity contribution in [2.75, 3.05) is 17.2 Å². The highest BCUT2D eigenvalue weighted by molar-refractivity contribution is 6.04. The Labute approximate surface area is 125 Å². The van der Waals surface area contributed by atoms with Crippen LogP contribution in [0.25, 0.3) is 0 Å². The number of carbonyl (C=O) groups is 1. The molecule has 108 valence electrons. The number of rotatable bonds is 5. The lowest BCUT2D eigenvalue weighted by Crippen LogP contribution is -2.12. The zero-order valence-corrected chi connectivity index (χ0v) is 12.4.